The van der Waals surface area contributed by atoms with E-state index in [-0.39, 0.29) is 6.10 Å². The summed E-state index contributed by atoms with van der Waals surface area (Å²) in [6.07, 6.45) is 4.34. The van der Waals surface area contributed by atoms with Gasteiger partial charge in [-0.15, -0.1) is 0 Å². The van der Waals surface area contributed by atoms with Crippen LogP contribution in [0.3, 0.4) is 0 Å². The highest BCUT2D eigenvalue weighted by atomic mass is 16.5. The number of pyridine rings is 1. The van der Waals surface area contributed by atoms with Gasteiger partial charge in [0.1, 0.15) is 6.07 Å². The van der Waals surface area contributed by atoms with Crippen molar-refractivity contribution in [1.82, 2.24) is 15.2 Å². The Bertz CT molecular complexity index is 1230. The molecule has 0 bridgehead atoms. The summed E-state index contributed by atoms with van der Waals surface area (Å²) in [5.74, 6) is 0.585. The zero-order valence-electron chi connectivity index (χ0n) is 20.4. The molecule has 6 rings (SSSR count). The molecule has 0 saturated carbocycles. The molecule has 3 fully saturated rings. The maximum atomic E-state index is 9.54. The lowest BCUT2D eigenvalue weighted by Crippen LogP contribution is -2.60. The topological polar surface area (TPSA) is 64.4 Å². The predicted octanol–water partition coefficient (Wildman–Crippen LogP) is 4.22. The SMILES string of the molecule is C[C@@H]1CN(c2ccc(C#N)c3ncccc23)C[C@@H]2C[C@@H](c3ccc(C4CNCCO4)cc3)CCN21. The standard InChI is InChI=1S/C29H33N5O/c1-20-18-33(27-9-8-24(16-30)29-26(27)3-2-11-32-29)19-25-15-23(10-13-34(20)25)21-4-6-22(7-5-21)28-17-31-12-14-35-28/h2-9,11,20,23,25,28,31H,10,12-15,17-19H2,1H3/t20-,23+,25+,28?/m1/s1. The molecule has 35 heavy (non-hydrogen) atoms. The maximum Gasteiger partial charge on any atom is 0.101 e. The Hall–Kier alpha value is -2.98. The van der Waals surface area contributed by atoms with Crippen LogP contribution in [0, 0.1) is 11.3 Å². The first kappa shape index (κ1) is 22.5. The maximum absolute atomic E-state index is 9.54. The molecule has 6 nitrogen and oxygen atoms in total. The van der Waals surface area contributed by atoms with Gasteiger partial charge in [0.15, 0.2) is 0 Å². The van der Waals surface area contributed by atoms with Crippen LogP contribution >= 0.6 is 0 Å². The second-order valence-corrected chi connectivity index (χ2v) is 10.2. The van der Waals surface area contributed by atoms with E-state index in [2.05, 4.69) is 69.5 Å². The van der Waals surface area contributed by atoms with E-state index >= 15 is 0 Å². The van der Waals surface area contributed by atoms with Gasteiger partial charge in [-0.1, -0.05) is 24.3 Å². The van der Waals surface area contributed by atoms with Gasteiger partial charge in [-0.2, -0.15) is 5.26 Å². The highest BCUT2D eigenvalue weighted by Gasteiger charge is 2.37. The van der Waals surface area contributed by atoms with Crippen molar-refractivity contribution in [3.05, 3.63) is 71.4 Å². The molecule has 1 N–H and O–H groups in total. The van der Waals surface area contributed by atoms with Crippen LogP contribution in [0.25, 0.3) is 10.9 Å². The molecule has 1 unspecified atom stereocenters. The molecule has 0 amide bonds. The summed E-state index contributed by atoms with van der Waals surface area (Å²) in [4.78, 5) is 9.77. The van der Waals surface area contributed by atoms with E-state index in [1.807, 2.05) is 12.1 Å². The monoisotopic (exact) mass is 467 g/mol. The van der Waals surface area contributed by atoms with Crippen LogP contribution in [0.4, 0.5) is 5.69 Å². The van der Waals surface area contributed by atoms with Crippen molar-refractivity contribution in [1.29, 1.82) is 5.26 Å². The molecule has 6 heteroatoms. The number of nitrogens with one attached hydrogen (secondary N) is 1. The molecular formula is C29H33N5O. The largest absolute Gasteiger partial charge is 0.371 e. The van der Waals surface area contributed by atoms with E-state index in [0.29, 0.717) is 23.6 Å². The molecule has 4 heterocycles. The van der Waals surface area contributed by atoms with Gasteiger partial charge in [-0.3, -0.25) is 9.88 Å². The lowest BCUT2D eigenvalue weighted by atomic mass is 9.83. The van der Waals surface area contributed by atoms with E-state index in [4.69, 9.17) is 4.74 Å². The summed E-state index contributed by atoms with van der Waals surface area (Å²) in [6.45, 7) is 8.14. The van der Waals surface area contributed by atoms with Crippen LogP contribution in [0.15, 0.2) is 54.7 Å². The number of piperidine rings is 1. The van der Waals surface area contributed by atoms with Crippen molar-refractivity contribution in [3.63, 3.8) is 0 Å². The molecular weight excluding hydrogens is 434 g/mol. The molecule has 4 atom stereocenters. The van der Waals surface area contributed by atoms with Crippen molar-refractivity contribution in [2.24, 2.45) is 0 Å². The quantitative estimate of drug-likeness (QED) is 0.622. The molecule has 1 aromatic heterocycles. The van der Waals surface area contributed by atoms with Gasteiger partial charge in [0.25, 0.3) is 0 Å². The summed E-state index contributed by atoms with van der Waals surface area (Å²) >= 11 is 0. The number of hydrogen-bond donors (Lipinski definition) is 1. The van der Waals surface area contributed by atoms with E-state index in [9.17, 15) is 5.26 Å². The fraction of sp³-hybridized carbons (Fsp3) is 0.448. The van der Waals surface area contributed by atoms with Gasteiger partial charge in [0, 0.05) is 55.5 Å². The van der Waals surface area contributed by atoms with E-state index in [1.165, 1.54) is 29.7 Å². The molecule has 180 valence electrons. The average molecular weight is 468 g/mol. The fourth-order valence-electron chi connectivity index (χ4n) is 6.37. The van der Waals surface area contributed by atoms with Crippen LogP contribution in [0.1, 0.15) is 48.5 Å². The molecule has 3 saturated heterocycles. The minimum Gasteiger partial charge on any atom is -0.371 e. The Labute approximate surface area is 207 Å². The Morgan fingerprint density at radius 3 is 2.74 bits per heavy atom. The van der Waals surface area contributed by atoms with Gasteiger partial charge < -0.3 is 15.0 Å². The molecule has 3 aliphatic heterocycles. The third kappa shape index (κ3) is 4.29. The number of morpholine rings is 1. The van der Waals surface area contributed by atoms with Crippen molar-refractivity contribution >= 4 is 16.6 Å². The number of aromatic nitrogens is 1. The van der Waals surface area contributed by atoms with Crippen molar-refractivity contribution < 1.29 is 4.74 Å². The lowest BCUT2D eigenvalue weighted by molar-refractivity contribution is 0.0277. The number of anilines is 1. The van der Waals surface area contributed by atoms with E-state index in [0.717, 1.165) is 50.2 Å². The van der Waals surface area contributed by atoms with Crippen LogP contribution in [0.5, 0.6) is 0 Å². The van der Waals surface area contributed by atoms with Crippen molar-refractivity contribution in [2.45, 2.75) is 43.9 Å². The molecule has 0 radical (unpaired) electrons. The number of nitrogens with zero attached hydrogens (tertiary/aromatic N) is 4. The number of hydrogen-bond acceptors (Lipinski definition) is 6. The third-order valence-electron chi connectivity index (χ3n) is 8.16. The Morgan fingerprint density at radius 1 is 1.09 bits per heavy atom. The fourth-order valence-corrected chi connectivity index (χ4v) is 6.37. The highest BCUT2D eigenvalue weighted by Crippen LogP contribution is 2.38. The van der Waals surface area contributed by atoms with E-state index < -0.39 is 0 Å². The van der Waals surface area contributed by atoms with Gasteiger partial charge in [-0.25, -0.2) is 0 Å². The van der Waals surface area contributed by atoms with Gasteiger partial charge in [0.2, 0.25) is 0 Å². The minimum atomic E-state index is 0.170. The third-order valence-corrected chi connectivity index (χ3v) is 8.16. The van der Waals surface area contributed by atoms with Crippen LogP contribution < -0.4 is 10.2 Å². The average Bonchev–Trinajstić information content (AvgIpc) is 2.92. The van der Waals surface area contributed by atoms with E-state index in [1.54, 1.807) is 6.20 Å². The van der Waals surface area contributed by atoms with Gasteiger partial charge in [0.05, 0.1) is 23.8 Å². The Kier molecular flexibility index (Phi) is 6.15. The summed E-state index contributed by atoms with van der Waals surface area (Å²) in [6, 6.07) is 20.6. The Morgan fingerprint density at radius 2 is 1.94 bits per heavy atom. The predicted molar refractivity (Wildman–Crippen MR) is 139 cm³/mol. The molecule has 3 aliphatic rings. The highest BCUT2D eigenvalue weighted by molar-refractivity contribution is 5.95. The molecule has 2 aromatic carbocycles. The summed E-state index contributed by atoms with van der Waals surface area (Å²) in [7, 11) is 0. The number of ether oxygens (including phenoxy) is 1. The normalized spacial score (nSPS) is 27.4. The van der Waals surface area contributed by atoms with Crippen LogP contribution in [-0.4, -0.2) is 61.3 Å². The molecule has 0 spiro atoms. The first-order valence-electron chi connectivity index (χ1n) is 12.9. The lowest BCUT2D eigenvalue weighted by Gasteiger charge is -2.50. The number of benzene rings is 2. The Balaban J connectivity index is 1.21. The summed E-state index contributed by atoms with van der Waals surface area (Å²) in [5, 5.41) is 14.0. The zero-order chi connectivity index (χ0) is 23.8. The number of piperazine rings is 1. The summed E-state index contributed by atoms with van der Waals surface area (Å²) < 4.78 is 5.93. The first-order valence-corrected chi connectivity index (χ1v) is 12.9. The number of fused-ring (bicyclic) bond motifs is 2. The van der Waals surface area contributed by atoms with Gasteiger partial charge in [-0.05, 0) is 67.6 Å². The first-order chi connectivity index (χ1) is 17.2. The van der Waals surface area contributed by atoms with Gasteiger partial charge >= 0.3 is 0 Å². The minimum absolute atomic E-state index is 0.170. The zero-order valence-corrected chi connectivity index (χ0v) is 20.4. The molecule has 3 aromatic rings. The summed E-state index contributed by atoms with van der Waals surface area (Å²) in [5.41, 5.74) is 5.38. The van der Waals surface area contributed by atoms with Crippen molar-refractivity contribution in [3.8, 4) is 6.07 Å². The second-order valence-electron chi connectivity index (χ2n) is 10.2. The number of nitriles is 1. The smallest absolute Gasteiger partial charge is 0.101 e. The molecule has 0 aliphatic carbocycles. The van der Waals surface area contributed by atoms with Crippen molar-refractivity contribution in [2.75, 3.05) is 44.2 Å². The number of rotatable bonds is 3. The van der Waals surface area contributed by atoms with Crippen LogP contribution in [0.2, 0.25) is 0 Å². The second kappa shape index (κ2) is 9.58. The van der Waals surface area contributed by atoms with Crippen LogP contribution in [-0.2, 0) is 4.74 Å².